The summed E-state index contributed by atoms with van der Waals surface area (Å²) in [5, 5.41) is 10.5. The van der Waals surface area contributed by atoms with E-state index in [1.165, 1.54) is 32.1 Å². The molecule has 1 aliphatic carbocycles. The molecule has 0 atom stereocenters. The molecule has 0 bridgehead atoms. The van der Waals surface area contributed by atoms with Gasteiger partial charge in [0.2, 0.25) is 5.91 Å². The van der Waals surface area contributed by atoms with Crippen LogP contribution in [0.4, 0.5) is 5.69 Å². The number of nitrogens with one attached hydrogen (secondary N) is 2. The zero-order valence-corrected chi connectivity index (χ0v) is 12.4. The standard InChI is InChI=1S/C15H26N4O/c1-2-3-4-5-6-9-16-14-10-17-19(11-14)12-15(20)18-13-7-8-13/h10-11,13,16H,2-9,12H2,1H3,(H,18,20). The molecule has 0 aliphatic heterocycles. The molecule has 1 amide bonds. The zero-order chi connectivity index (χ0) is 14.2. The number of aromatic nitrogens is 2. The minimum Gasteiger partial charge on any atom is -0.383 e. The van der Waals surface area contributed by atoms with Crippen LogP contribution in [0.2, 0.25) is 0 Å². The summed E-state index contributed by atoms with van der Waals surface area (Å²) in [5.41, 5.74) is 1.000. The molecule has 0 unspecified atom stereocenters. The fourth-order valence-corrected chi connectivity index (χ4v) is 2.15. The topological polar surface area (TPSA) is 59.0 Å². The Kier molecular flexibility index (Phi) is 5.89. The quantitative estimate of drug-likeness (QED) is 0.647. The van der Waals surface area contributed by atoms with Gasteiger partial charge in [-0.3, -0.25) is 9.48 Å². The lowest BCUT2D eigenvalue weighted by molar-refractivity contribution is -0.122. The lowest BCUT2D eigenvalue weighted by Crippen LogP contribution is -2.29. The first-order chi connectivity index (χ1) is 9.78. The number of carbonyl (C=O) groups excluding carboxylic acids is 1. The van der Waals surface area contributed by atoms with Crippen LogP contribution < -0.4 is 10.6 Å². The minimum atomic E-state index is 0.0571. The molecule has 2 N–H and O–H groups in total. The molecule has 0 radical (unpaired) electrons. The van der Waals surface area contributed by atoms with Gasteiger partial charge in [0, 0.05) is 18.8 Å². The van der Waals surface area contributed by atoms with Crippen LogP contribution in [0.1, 0.15) is 51.9 Å². The van der Waals surface area contributed by atoms with Crippen LogP contribution in [0.25, 0.3) is 0 Å². The van der Waals surface area contributed by atoms with E-state index in [4.69, 9.17) is 0 Å². The Morgan fingerprint density at radius 3 is 2.90 bits per heavy atom. The third-order valence-electron chi connectivity index (χ3n) is 3.49. The number of carbonyl (C=O) groups is 1. The molecule has 112 valence electrons. The summed E-state index contributed by atoms with van der Waals surface area (Å²) in [6, 6.07) is 0.416. The third-order valence-corrected chi connectivity index (χ3v) is 3.49. The molecule has 1 aromatic heterocycles. The molecule has 1 fully saturated rings. The van der Waals surface area contributed by atoms with Crippen molar-refractivity contribution in [1.82, 2.24) is 15.1 Å². The van der Waals surface area contributed by atoms with Crippen LogP contribution in [0, 0.1) is 0 Å². The smallest absolute Gasteiger partial charge is 0.241 e. The summed E-state index contributed by atoms with van der Waals surface area (Å²) in [6.07, 6.45) is 12.3. The Bertz CT molecular complexity index is 412. The molecule has 1 aromatic rings. The van der Waals surface area contributed by atoms with Gasteiger partial charge in [-0.25, -0.2) is 0 Å². The van der Waals surface area contributed by atoms with E-state index < -0.39 is 0 Å². The Labute approximate surface area is 121 Å². The number of amides is 1. The summed E-state index contributed by atoms with van der Waals surface area (Å²) in [5.74, 6) is 0.0571. The molecule has 1 heterocycles. The first-order valence-electron chi connectivity index (χ1n) is 7.83. The van der Waals surface area contributed by atoms with Gasteiger partial charge in [-0.05, 0) is 19.3 Å². The number of hydrogen-bond acceptors (Lipinski definition) is 3. The van der Waals surface area contributed by atoms with Gasteiger partial charge in [0.05, 0.1) is 11.9 Å². The van der Waals surface area contributed by atoms with Gasteiger partial charge < -0.3 is 10.6 Å². The second-order valence-corrected chi connectivity index (χ2v) is 5.61. The third kappa shape index (κ3) is 5.63. The van der Waals surface area contributed by atoms with Crippen molar-refractivity contribution in [1.29, 1.82) is 0 Å². The van der Waals surface area contributed by atoms with E-state index >= 15 is 0 Å². The average molecular weight is 278 g/mol. The van der Waals surface area contributed by atoms with Crippen molar-refractivity contribution in [2.24, 2.45) is 0 Å². The van der Waals surface area contributed by atoms with E-state index in [1.807, 2.05) is 6.20 Å². The molecule has 1 saturated carbocycles. The maximum absolute atomic E-state index is 11.6. The summed E-state index contributed by atoms with van der Waals surface area (Å²) < 4.78 is 1.69. The van der Waals surface area contributed by atoms with Crippen LogP contribution in [-0.2, 0) is 11.3 Å². The predicted molar refractivity (Wildman–Crippen MR) is 80.6 cm³/mol. The van der Waals surface area contributed by atoms with Crippen molar-refractivity contribution >= 4 is 11.6 Å². The summed E-state index contributed by atoms with van der Waals surface area (Å²) in [6.45, 7) is 3.52. The zero-order valence-electron chi connectivity index (χ0n) is 12.4. The minimum absolute atomic E-state index is 0.0571. The monoisotopic (exact) mass is 278 g/mol. The van der Waals surface area contributed by atoms with Crippen LogP contribution in [0.15, 0.2) is 12.4 Å². The van der Waals surface area contributed by atoms with E-state index in [9.17, 15) is 4.79 Å². The Morgan fingerprint density at radius 1 is 1.35 bits per heavy atom. The molecule has 20 heavy (non-hydrogen) atoms. The largest absolute Gasteiger partial charge is 0.383 e. The maximum Gasteiger partial charge on any atom is 0.241 e. The molecule has 0 saturated heterocycles. The molecule has 1 aliphatic rings. The van der Waals surface area contributed by atoms with Gasteiger partial charge >= 0.3 is 0 Å². The summed E-state index contributed by atoms with van der Waals surface area (Å²) in [7, 11) is 0. The lowest BCUT2D eigenvalue weighted by Gasteiger charge is -2.04. The second-order valence-electron chi connectivity index (χ2n) is 5.61. The van der Waals surface area contributed by atoms with Crippen LogP contribution >= 0.6 is 0 Å². The highest BCUT2D eigenvalue weighted by molar-refractivity contribution is 5.76. The first kappa shape index (κ1) is 14.9. The van der Waals surface area contributed by atoms with Gasteiger partial charge in [0.15, 0.2) is 0 Å². The number of anilines is 1. The first-order valence-corrected chi connectivity index (χ1v) is 7.83. The maximum atomic E-state index is 11.6. The van der Waals surface area contributed by atoms with E-state index in [-0.39, 0.29) is 5.91 Å². The van der Waals surface area contributed by atoms with E-state index in [2.05, 4.69) is 22.7 Å². The Morgan fingerprint density at radius 2 is 2.15 bits per heavy atom. The number of nitrogens with zero attached hydrogens (tertiary/aromatic N) is 2. The molecular weight excluding hydrogens is 252 g/mol. The van der Waals surface area contributed by atoms with Crippen molar-refractivity contribution < 1.29 is 4.79 Å². The predicted octanol–water partition coefficient (Wildman–Crippen LogP) is 2.54. The SMILES string of the molecule is CCCCCCCNc1cnn(CC(=O)NC2CC2)c1. The number of hydrogen-bond donors (Lipinski definition) is 2. The molecule has 2 rings (SSSR count). The molecule has 5 heteroatoms. The number of rotatable bonds is 10. The van der Waals surface area contributed by atoms with Crippen molar-refractivity contribution in [3.05, 3.63) is 12.4 Å². The van der Waals surface area contributed by atoms with E-state index in [0.717, 1.165) is 25.1 Å². The van der Waals surface area contributed by atoms with Crippen LogP contribution in [0.5, 0.6) is 0 Å². The fraction of sp³-hybridized carbons (Fsp3) is 0.733. The van der Waals surface area contributed by atoms with Gasteiger partial charge in [-0.2, -0.15) is 5.10 Å². The van der Waals surface area contributed by atoms with Crippen molar-refractivity contribution in [3.63, 3.8) is 0 Å². The van der Waals surface area contributed by atoms with Gasteiger partial charge in [0.25, 0.3) is 0 Å². The highest BCUT2D eigenvalue weighted by atomic mass is 16.2. The highest BCUT2D eigenvalue weighted by Gasteiger charge is 2.23. The molecular formula is C15H26N4O. The highest BCUT2D eigenvalue weighted by Crippen LogP contribution is 2.18. The van der Waals surface area contributed by atoms with Crippen molar-refractivity contribution in [2.75, 3.05) is 11.9 Å². The van der Waals surface area contributed by atoms with E-state index in [0.29, 0.717) is 12.6 Å². The second kappa shape index (κ2) is 7.92. The van der Waals surface area contributed by atoms with E-state index in [1.54, 1.807) is 10.9 Å². The molecule has 5 nitrogen and oxygen atoms in total. The van der Waals surface area contributed by atoms with Crippen LogP contribution in [-0.4, -0.2) is 28.3 Å². The Hall–Kier alpha value is -1.52. The summed E-state index contributed by atoms with van der Waals surface area (Å²) >= 11 is 0. The normalized spacial score (nSPS) is 14.2. The molecule has 0 aromatic carbocycles. The number of unbranched alkanes of at least 4 members (excludes halogenated alkanes) is 4. The summed E-state index contributed by atoms with van der Waals surface area (Å²) in [4.78, 5) is 11.6. The lowest BCUT2D eigenvalue weighted by atomic mass is 10.1. The average Bonchev–Trinajstić information content (AvgIpc) is 3.12. The van der Waals surface area contributed by atoms with Gasteiger partial charge in [0.1, 0.15) is 6.54 Å². The van der Waals surface area contributed by atoms with Gasteiger partial charge in [-0.15, -0.1) is 0 Å². The van der Waals surface area contributed by atoms with Crippen LogP contribution in [0.3, 0.4) is 0 Å². The molecule has 0 spiro atoms. The van der Waals surface area contributed by atoms with Gasteiger partial charge in [-0.1, -0.05) is 32.6 Å². The fourth-order valence-electron chi connectivity index (χ4n) is 2.15. The Balaban J connectivity index is 1.60. The van der Waals surface area contributed by atoms with Crippen molar-refractivity contribution in [3.8, 4) is 0 Å². The van der Waals surface area contributed by atoms with Crippen molar-refractivity contribution in [2.45, 2.75) is 64.5 Å².